The minimum Gasteiger partial charge on any atom is -0.405 e. The van der Waals surface area contributed by atoms with Gasteiger partial charge in [0, 0.05) is 12.5 Å². The molecule has 1 heterocycles. The summed E-state index contributed by atoms with van der Waals surface area (Å²) in [5.74, 6) is -0.158. The highest BCUT2D eigenvalue weighted by Crippen LogP contribution is 2.25. The van der Waals surface area contributed by atoms with E-state index < -0.39 is 5.97 Å². The second-order valence-corrected chi connectivity index (χ2v) is 3.62. The van der Waals surface area contributed by atoms with Gasteiger partial charge in [-0.15, -0.1) is 0 Å². The van der Waals surface area contributed by atoms with Crippen LogP contribution in [0.25, 0.3) is 11.3 Å². The molecule has 0 spiro atoms. The van der Waals surface area contributed by atoms with Gasteiger partial charge in [0.2, 0.25) is 5.88 Å². The fourth-order valence-electron chi connectivity index (χ4n) is 1.46. The Balaban J connectivity index is 2.51. The number of hydrogen-bond acceptors (Lipinski definition) is 4. The molecule has 17 heavy (non-hydrogen) atoms. The quantitative estimate of drug-likeness (QED) is 0.740. The molecule has 0 fully saturated rings. The first-order valence-electron chi connectivity index (χ1n) is 5.24. The first kappa shape index (κ1) is 11.3. The lowest BCUT2D eigenvalue weighted by atomic mass is 10.1. The molecule has 0 bridgehead atoms. The highest BCUT2D eigenvalue weighted by molar-refractivity contribution is 5.73. The maximum Gasteiger partial charge on any atom is 0.309 e. The lowest BCUT2D eigenvalue weighted by Gasteiger charge is -2.07. The minimum atomic E-state index is -0.402. The van der Waals surface area contributed by atoms with Crippen LogP contribution in [-0.2, 0) is 4.79 Å². The standard InChI is InChI=1S/C13H12N2O2/c1-9-8-14-13(17-10(2)16)12(15-9)11-6-4-3-5-7-11/h3-8H,1-2H3. The Morgan fingerprint density at radius 3 is 2.59 bits per heavy atom. The smallest absolute Gasteiger partial charge is 0.309 e. The number of benzene rings is 1. The summed E-state index contributed by atoms with van der Waals surface area (Å²) in [6, 6.07) is 9.51. The van der Waals surface area contributed by atoms with Gasteiger partial charge < -0.3 is 4.74 Å². The minimum absolute atomic E-state index is 0.245. The molecule has 1 aromatic heterocycles. The number of hydrogen-bond donors (Lipinski definition) is 0. The van der Waals surface area contributed by atoms with Crippen molar-refractivity contribution in [1.82, 2.24) is 9.97 Å². The molecule has 0 unspecified atom stereocenters. The number of esters is 1. The monoisotopic (exact) mass is 228 g/mol. The van der Waals surface area contributed by atoms with E-state index in [0.29, 0.717) is 5.69 Å². The van der Waals surface area contributed by atoms with Gasteiger partial charge in [-0.25, -0.2) is 9.97 Å². The summed E-state index contributed by atoms with van der Waals surface area (Å²) in [6.45, 7) is 3.19. The fourth-order valence-corrected chi connectivity index (χ4v) is 1.46. The Kier molecular flexibility index (Phi) is 3.14. The molecule has 0 aliphatic rings. The summed E-state index contributed by atoms with van der Waals surface area (Å²) in [4.78, 5) is 19.4. The molecule has 0 saturated carbocycles. The maximum absolute atomic E-state index is 11.0. The van der Waals surface area contributed by atoms with Crippen molar-refractivity contribution in [3.8, 4) is 17.1 Å². The van der Waals surface area contributed by atoms with Crippen molar-refractivity contribution < 1.29 is 9.53 Å². The summed E-state index contributed by atoms with van der Waals surface area (Å²) >= 11 is 0. The van der Waals surface area contributed by atoms with Gasteiger partial charge in [-0.1, -0.05) is 30.3 Å². The van der Waals surface area contributed by atoms with Crippen LogP contribution in [0.3, 0.4) is 0 Å². The third-order valence-corrected chi connectivity index (χ3v) is 2.15. The van der Waals surface area contributed by atoms with E-state index in [9.17, 15) is 4.79 Å². The van der Waals surface area contributed by atoms with Crippen molar-refractivity contribution in [3.05, 3.63) is 42.2 Å². The van der Waals surface area contributed by atoms with Crippen molar-refractivity contribution in [2.24, 2.45) is 0 Å². The van der Waals surface area contributed by atoms with E-state index in [2.05, 4.69) is 9.97 Å². The first-order chi connectivity index (χ1) is 8.16. The van der Waals surface area contributed by atoms with Crippen molar-refractivity contribution in [2.75, 3.05) is 0 Å². The molecule has 0 aliphatic heterocycles. The van der Waals surface area contributed by atoms with Crippen LogP contribution in [-0.4, -0.2) is 15.9 Å². The maximum atomic E-state index is 11.0. The summed E-state index contributed by atoms with van der Waals surface area (Å²) in [6.07, 6.45) is 1.57. The fraction of sp³-hybridized carbons (Fsp3) is 0.154. The van der Waals surface area contributed by atoms with Gasteiger partial charge in [0.05, 0.1) is 11.9 Å². The number of aryl methyl sites for hydroxylation is 1. The van der Waals surface area contributed by atoms with Gasteiger partial charge in [0.25, 0.3) is 0 Å². The number of aromatic nitrogens is 2. The van der Waals surface area contributed by atoms with E-state index in [0.717, 1.165) is 11.3 Å². The molecular weight excluding hydrogens is 216 g/mol. The van der Waals surface area contributed by atoms with Crippen LogP contribution in [0.5, 0.6) is 5.88 Å². The summed E-state index contributed by atoms with van der Waals surface area (Å²) in [5, 5.41) is 0. The van der Waals surface area contributed by atoms with Gasteiger partial charge in [0.15, 0.2) is 0 Å². The average Bonchev–Trinajstić information content (AvgIpc) is 2.32. The third kappa shape index (κ3) is 2.66. The third-order valence-electron chi connectivity index (χ3n) is 2.15. The Morgan fingerprint density at radius 2 is 1.94 bits per heavy atom. The number of ether oxygens (including phenoxy) is 1. The van der Waals surface area contributed by atoms with E-state index in [1.54, 1.807) is 6.20 Å². The van der Waals surface area contributed by atoms with Crippen LogP contribution in [0, 0.1) is 6.92 Å². The molecule has 86 valence electrons. The van der Waals surface area contributed by atoms with Crippen LogP contribution in [0.15, 0.2) is 36.5 Å². The number of carbonyl (C=O) groups is 1. The Morgan fingerprint density at radius 1 is 1.24 bits per heavy atom. The number of carbonyl (C=O) groups excluding carboxylic acids is 1. The first-order valence-corrected chi connectivity index (χ1v) is 5.24. The van der Waals surface area contributed by atoms with Gasteiger partial charge in [-0.05, 0) is 6.92 Å². The van der Waals surface area contributed by atoms with Crippen LogP contribution in [0.1, 0.15) is 12.6 Å². The molecule has 2 rings (SSSR count). The largest absolute Gasteiger partial charge is 0.405 e. The molecule has 4 nitrogen and oxygen atoms in total. The van der Waals surface area contributed by atoms with Crippen molar-refractivity contribution in [3.63, 3.8) is 0 Å². The highest BCUT2D eigenvalue weighted by Gasteiger charge is 2.11. The lowest BCUT2D eigenvalue weighted by Crippen LogP contribution is -2.06. The summed E-state index contributed by atoms with van der Waals surface area (Å²) in [5.41, 5.74) is 2.24. The predicted octanol–water partition coefficient (Wildman–Crippen LogP) is 2.38. The molecule has 0 radical (unpaired) electrons. The number of nitrogens with zero attached hydrogens (tertiary/aromatic N) is 2. The molecule has 0 N–H and O–H groups in total. The molecule has 0 aliphatic carbocycles. The van der Waals surface area contributed by atoms with Crippen molar-refractivity contribution >= 4 is 5.97 Å². The van der Waals surface area contributed by atoms with E-state index >= 15 is 0 Å². The van der Waals surface area contributed by atoms with Crippen molar-refractivity contribution in [2.45, 2.75) is 13.8 Å². The van der Waals surface area contributed by atoms with Crippen LogP contribution < -0.4 is 4.74 Å². The second kappa shape index (κ2) is 4.74. The highest BCUT2D eigenvalue weighted by atomic mass is 16.5. The van der Waals surface area contributed by atoms with E-state index in [1.165, 1.54) is 6.92 Å². The Labute approximate surface area is 99.3 Å². The zero-order chi connectivity index (χ0) is 12.3. The van der Waals surface area contributed by atoms with Crippen LogP contribution in [0.4, 0.5) is 0 Å². The van der Waals surface area contributed by atoms with Crippen LogP contribution in [0.2, 0.25) is 0 Å². The normalized spacial score (nSPS) is 10.0. The van der Waals surface area contributed by atoms with Gasteiger partial charge in [-0.2, -0.15) is 0 Å². The molecule has 0 amide bonds. The molecule has 1 aromatic carbocycles. The topological polar surface area (TPSA) is 52.1 Å². The Bertz CT molecular complexity index is 538. The van der Waals surface area contributed by atoms with Gasteiger partial charge >= 0.3 is 5.97 Å². The number of rotatable bonds is 2. The van der Waals surface area contributed by atoms with Gasteiger partial charge in [0.1, 0.15) is 5.69 Å². The lowest BCUT2D eigenvalue weighted by molar-refractivity contribution is -0.132. The zero-order valence-corrected chi connectivity index (χ0v) is 9.68. The average molecular weight is 228 g/mol. The van der Waals surface area contributed by atoms with Crippen molar-refractivity contribution in [1.29, 1.82) is 0 Å². The Hall–Kier alpha value is -2.23. The molecular formula is C13H12N2O2. The van der Waals surface area contributed by atoms with Crippen LogP contribution >= 0.6 is 0 Å². The van der Waals surface area contributed by atoms with E-state index in [4.69, 9.17) is 4.74 Å². The summed E-state index contributed by atoms with van der Waals surface area (Å²) < 4.78 is 5.04. The SMILES string of the molecule is CC(=O)Oc1ncc(C)nc1-c1ccccc1. The summed E-state index contributed by atoms with van der Waals surface area (Å²) in [7, 11) is 0. The second-order valence-electron chi connectivity index (χ2n) is 3.62. The van der Waals surface area contributed by atoms with E-state index in [1.807, 2.05) is 37.3 Å². The molecule has 0 saturated heterocycles. The predicted molar refractivity (Wildman–Crippen MR) is 63.5 cm³/mol. The van der Waals surface area contributed by atoms with E-state index in [-0.39, 0.29) is 5.88 Å². The molecule has 2 aromatic rings. The zero-order valence-electron chi connectivity index (χ0n) is 9.68. The van der Waals surface area contributed by atoms with Gasteiger partial charge in [-0.3, -0.25) is 4.79 Å². The molecule has 4 heteroatoms. The molecule has 0 atom stereocenters.